The number of hydrogen-bond acceptors (Lipinski definition) is 1. The summed E-state index contributed by atoms with van der Waals surface area (Å²) in [6.07, 6.45) is 0.400. The minimum absolute atomic E-state index is 0.400. The van der Waals surface area contributed by atoms with Crippen molar-refractivity contribution < 1.29 is 4.74 Å². The summed E-state index contributed by atoms with van der Waals surface area (Å²) in [6.45, 7) is 4.88. The fourth-order valence-electron chi connectivity index (χ4n) is 0.157. The van der Waals surface area contributed by atoms with Crippen LogP contribution in [-0.4, -0.2) is 18.6 Å². The first-order valence-corrected chi connectivity index (χ1v) is 3.14. The summed E-state index contributed by atoms with van der Waals surface area (Å²) in [5, 5.41) is 0. The second-order valence-corrected chi connectivity index (χ2v) is 1.42. The lowest BCUT2D eigenvalue weighted by Crippen LogP contribution is -1.80. The van der Waals surface area contributed by atoms with E-state index in [1.807, 2.05) is 13.8 Å². The van der Waals surface area contributed by atoms with Gasteiger partial charge in [0.25, 0.3) is 0 Å². The minimum Gasteiger partial charge on any atom is -0.372 e. The van der Waals surface area contributed by atoms with E-state index < -0.39 is 0 Å². The second kappa shape index (κ2) is 4.41. The summed E-state index contributed by atoms with van der Waals surface area (Å²) >= 11 is 5.27. The molecule has 1 unspecified atom stereocenters. The predicted molar refractivity (Wildman–Crippen MR) is 31.8 cm³/mol. The molecule has 1 aliphatic rings. The predicted octanol–water partition coefficient (Wildman–Crippen LogP) is 1.65. The van der Waals surface area contributed by atoms with Gasteiger partial charge < -0.3 is 4.74 Å². The average Bonchev–Trinajstić information content (AvgIpc) is 2.52. The molecule has 1 rings (SSSR count). The molecule has 0 aliphatic carbocycles. The van der Waals surface area contributed by atoms with Gasteiger partial charge in [0, 0.05) is 0 Å². The van der Waals surface area contributed by atoms with E-state index in [2.05, 4.69) is 0 Å². The van der Waals surface area contributed by atoms with Crippen molar-refractivity contribution in [1.29, 1.82) is 0 Å². The average molecular weight is 123 g/mol. The van der Waals surface area contributed by atoms with E-state index >= 15 is 0 Å². The summed E-state index contributed by atoms with van der Waals surface area (Å²) < 4.78 is 4.73. The van der Waals surface area contributed by atoms with E-state index in [0.29, 0.717) is 12.0 Å². The molecule has 1 saturated heterocycles. The Kier molecular flexibility index (Phi) is 4.57. The molecule has 1 aliphatic heterocycles. The molecule has 2 heteroatoms. The molecule has 0 aromatic carbocycles. The SMILES string of the molecule is CC.ClCC1CO1. The molecule has 0 spiro atoms. The van der Waals surface area contributed by atoms with Gasteiger partial charge in [-0.15, -0.1) is 11.6 Å². The Bertz CT molecular complexity index is 35.1. The molecule has 0 aromatic rings. The highest BCUT2D eigenvalue weighted by molar-refractivity contribution is 6.18. The fourth-order valence-corrected chi connectivity index (χ4v) is 0.335. The molecule has 1 atom stereocenters. The molecule has 0 radical (unpaired) electrons. The Morgan fingerprint density at radius 3 is 2.14 bits per heavy atom. The van der Waals surface area contributed by atoms with E-state index in [4.69, 9.17) is 16.3 Å². The Morgan fingerprint density at radius 1 is 1.71 bits per heavy atom. The summed E-state index contributed by atoms with van der Waals surface area (Å²) in [5.74, 6) is 0.667. The zero-order chi connectivity index (χ0) is 5.70. The van der Waals surface area contributed by atoms with Crippen molar-refractivity contribution >= 4 is 11.6 Å². The van der Waals surface area contributed by atoms with Crippen LogP contribution in [-0.2, 0) is 4.74 Å². The number of rotatable bonds is 1. The van der Waals surface area contributed by atoms with E-state index in [0.717, 1.165) is 6.61 Å². The Morgan fingerprint density at radius 2 is 2.14 bits per heavy atom. The lowest BCUT2D eigenvalue weighted by molar-refractivity contribution is 0.425. The van der Waals surface area contributed by atoms with E-state index in [9.17, 15) is 0 Å². The summed E-state index contributed by atoms with van der Waals surface area (Å²) in [5.41, 5.74) is 0. The van der Waals surface area contributed by atoms with E-state index in [1.165, 1.54) is 0 Å². The van der Waals surface area contributed by atoms with Gasteiger partial charge in [0.05, 0.1) is 18.6 Å². The van der Waals surface area contributed by atoms with Crippen molar-refractivity contribution in [2.75, 3.05) is 12.5 Å². The molecule has 0 saturated carbocycles. The van der Waals surface area contributed by atoms with Crippen molar-refractivity contribution in [2.24, 2.45) is 0 Å². The number of alkyl halides is 1. The van der Waals surface area contributed by atoms with Crippen LogP contribution in [0.5, 0.6) is 0 Å². The molecule has 7 heavy (non-hydrogen) atoms. The van der Waals surface area contributed by atoms with Gasteiger partial charge in [0.2, 0.25) is 0 Å². The molecule has 0 amide bonds. The van der Waals surface area contributed by atoms with Gasteiger partial charge >= 0.3 is 0 Å². The largest absolute Gasteiger partial charge is 0.372 e. The molecule has 1 fully saturated rings. The standard InChI is InChI=1S/C3H5ClO.C2H6/c4-1-3-2-5-3;1-2/h3H,1-2H2;1-2H3. The number of epoxide rings is 1. The van der Waals surface area contributed by atoms with Crippen molar-refractivity contribution in [3.8, 4) is 0 Å². The molecular weight excluding hydrogens is 112 g/mol. The maximum atomic E-state index is 5.27. The van der Waals surface area contributed by atoms with Gasteiger partial charge in [-0.1, -0.05) is 13.8 Å². The van der Waals surface area contributed by atoms with Crippen molar-refractivity contribution in [3.63, 3.8) is 0 Å². The fraction of sp³-hybridized carbons (Fsp3) is 1.00. The first kappa shape index (κ1) is 7.25. The van der Waals surface area contributed by atoms with Gasteiger partial charge in [-0.2, -0.15) is 0 Å². The third-order valence-electron chi connectivity index (χ3n) is 0.574. The zero-order valence-electron chi connectivity index (χ0n) is 4.78. The highest BCUT2D eigenvalue weighted by Crippen LogP contribution is 2.08. The molecule has 1 heterocycles. The second-order valence-electron chi connectivity index (χ2n) is 1.11. The van der Waals surface area contributed by atoms with Gasteiger partial charge in [-0.25, -0.2) is 0 Å². The maximum Gasteiger partial charge on any atom is 0.0944 e. The van der Waals surface area contributed by atoms with Crippen molar-refractivity contribution in [3.05, 3.63) is 0 Å². The molecule has 44 valence electrons. The minimum atomic E-state index is 0.400. The van der Waals surface area contributed by atoms with Crippen LogP contribution in [0.2, 0.25) is 0 Å². The van der Waals surface area contributed by atoms with Crippen LogP contribution in [0.25, 0.3) is 0 Å². The first-order chi connectivity index (χ1) is 3.43. The third kappa shape index (κ3) is 4.10. The summed E-state index contributed by atoms with van der Waals surface area (Å²) in [7, 11) is 0. The van der Waals surface area contributed by atoms with Gasteiger partial charge in [0.1, 0.15) is 0 Å². The zero-order valence-corrected chi connectivity index (χ0v) is 5.53. The monoisotopic (exact) mass is 122 g/mol. The molecular formula is C5H11ClO. The third-order valence-corrected chi connectivity index (χ3v) is 0.919. The van der Waals surface area contributed by atoms with E-state index in [-0.39, 0.29) is 0 Å². The van der Waals surface area contributed by atoms with Gasteiger partial charge in [-0.3, -0.25) is 0 Å². The summed E-state index contributed by atoms with van der Waals surface area (Å²) in [6, 6.07) is 0. The number of halogens is 1. The Balaban J connectivity index is 0.000000162. The van der Waals surface area contributed by atoms with Gasteiger partial charge in [-0.05, 0) is 0 Å². The quantitative estimate of drug-likeness (QED) is 0.381. The maximum absolute atomic E-state index is 5.27. The highest BCUT2D eigenvalue weighted by Gasteiger charge is 2.19. The van der Waals surface area contributed by atoms with E-state index in [1.54, 1.807) is 0 Å². The van der Waals surface area contributed by atoms with Gasteiger partial charge in [0.15, 0.2) is 0 Å². The van der Waals surface area contributed by atoms with Crippen LogP contribution in [0.1, 0.15) is 13.8 Å². The van der Waals surface area contributed by atoms with Crippen LogP contribution < -0.4 is 0 Å². The molecule has 1 nitrogen and oxygen atoms in total. The van der Waals surface area contributed by atoms with Crippen molar-refractivity contribution in [2.45, 2.75) is 20.0 Å². The Hall–Kier alpha value is 0.250. The molecule has 0 aromatic heterocycles. The Labute approximate surface area is 49.6 Å². The topological polar surface area (TPSA) is 12.5 Å². The molecule has 0 N–H and O–H groups in total. The normalized spacial score (nSPS) is 25.3. The number of hydrogen-bond donors (Lipinski definition) is 0. The smallest absolute Gasteiger partial charge is 0.0944 e. The highest BCUT2D eigenvalue weighted by atomic mass is 35.5. The van der Waals surface area contributed by atoms with Crippen LogP contribution in [0.3, 0.4) is 0 Å². The first-order valence-electron chi connectivity index (χ1n) is 2.61. The van der Waals surface area contributed by atoms with Crippen LogP contribution in [0.15, 0.2) is 0 Å². The number of ether oxygens (including phenoxy) is 1. The van der Waals surface area contributed by atoms with Crippen molar-refractivity contribution in [1.82, 2.24) is 0 Å². The lowest BCUT2D eigenvalue weighted by atomic mass is 10.6. The molecule has 0 bridgehead atoms. The van der Waals surface area contributed by atoms with Crippen LogP contribution >= 0.6 is 11.6 Å². The lowest BCUT2D eigenvalue weighted by Gasteiger charge is -1.67. The summed E-state index contributed by atoms with van der Waals surface area (Å²) in [4.78, 5) is 0. The van der Waals surface area contributed by atoms with Crippen LogP contribution in [0.4, 0.5) is 0 Å². The van der Waals surface area contributed by atoms with Crippen LogP contribution in [0, 0.1) is 0 Å².